The average molecular weight is 258 g/mol. The molecule has 0 radical (unpaired) electrons. The van der Waals surface area contributed by atoms with Crippen molar-refractivity contribution >= 4 is 5.97 Å². The molecule has 19 heavy (non-hydrogen) atoms. The predicted molar refractivity (Wildman–Crippen MR) is 71.9 cm³/mol. The number of aromatic carboxylic acids is 1. The molecule has 2 rings (SSSR count). The fraction of sp³-hybridized carbons (Fsp3) is 0.133. The van der Waals surface area contributed by atoms with Crippen molar-refractivity contribution in [3.05, 3.63) is 48.0 Å². The summed E-state index contributed by atoms with van der Waals surface area (Å²) in [6.07, 6.45) is 0. The molecular weight excluding hydrogens is 244 g/mol. The van der Waals surface area contributed by atoms with Gasteiger partial charge in [0.1, 0.15) is 11.5 Å². The van der Waals surface area contributed by atoms with Crippen molar-refractivity contribution in [3.63, 3.8) is 0 Å². The predicted octanol–water partition coefficient (Wildman–Crippen LogP) is 3.07. The van der Waals surface area contributed by atoms with E-state index in [0.717, 1.165) is 5.56 Å². The van der Waals surface area contributed by atoms with Crippen LogP contribution in [-0.4, -0.2) is 25.3 Å². The van der Waals surface area contributed by atoms with Crippen molar-refractivity contribution in [1.82, 2.24) is 0 Å². The van der Waals surface area contributed by atoms with E-state index in [9.17, 15) is 9.90 Å². The number of hydrogen-bond acceptors (Lipinski definition) is 3. The van der Waals surface area contributed by atoms with Crippen LogP contribution in [-0.2, 0) is 0 Å². The summed E-state index contributed by atoms with van der Waals surface area (Å²) in [5.74, 6) is 0.199. The van der Waals surface area contributed by atoms with Crippen LogP contribution in [0.4, 0.5) is 0 Å². The minimum absolute atomic E-state index is 0.201. The van der Waals surface area contributed by atoms with Crippen LogP contribution in [0.15, 0.2) is 42.5 Å². The second-order valence-electron chi connectivity index (χ2n) is 3.92. The first-order valence-electron chi connectivity index (χ1n) is 5.72. The third kappa shape index (κ3) is 2.52. The van der Waals surface area contributed by atoms with Gasteiger partial charge in [-0.05, 0) is 29.8 Å². The van der Waals surface area contributed by atoms with Gasteiger partial charge in [-0.25, -0.2) is 4.79 Å². The standard InChI is InChI=1S/C15H14O4/c1-18-11-6-3-5-10(9-11)14-12(15(16)17)7-4-8-13(14)19-2/h3-9H,1-2H3,(H,16,17). The SMILES string of the molecule is COc1cccc(-c2c(OC)cccc2C(=O)O)c1. The fourth-order valence-electron chi connectivity index (χ4n) is 1.96. The molecule has 0 atom stereocenters. The highest BCUT2D eigenvalue weighted by molar-refractivity contribution is 5.98. The van der Waals surface area contributed by atoms with Gasteiger partial charge in [-0.2, -0.15) is 0 Å². The van der Waals surface area contributed by atoms with E-state index in [0.29, 0.717) is 17.1 Å². The molecule has 0 aliphatic carbocycles. The third-order valence-corrected chi connectivity index (χ3v) is 2.83. The molecule has 0 spiro atoms. The van der Waals surface area contributed by atoms with Crippen LogP contribution in [0.1, 0.15) is 10.4 Å². The highest BCUT2D eigenvalue weighted by atomic mass is 16.5. The first kappa shape index (κ1) is 13.0. The minimum Gasteiger partial charge on any atom is -0.497 e. The van der Waals surface area contributed by atoms with Crippen LogP contribution in [0.25, 0.3) is 11.1 Å². The summed E-state index contributed by atoms with van der Waals surface area (Å²) in [6.45, 7) is 0. The summed E-state index contributed by atoms with van der Waals surface area (Å²) in [5, 5.41) is 9.29. The van der Waals surface area contributed by atoms with Gasteiger partial charge in [-0.3, -0.25) is 0 Å². The van der Waals surface area contributed by atoms with Crippen LogP contribution in [0.5, 0.6) is 11.5 Å². The first-order chi connectivity index (χ1) is 9.17. The van der Waals surface area contributed by atoms with Gasteiger partial charge in [0.15, 0.2) is 0 Å². The summed E-state index contributed by atoms with van der Waals surface area (Å²) < 4.78 is 10.4. The van der Waals surface area contributed by atoms with E-state index in [4.69, 9.17) is 9.47 Å². The number of methoxy groups -OCH3 is 2. The highest BCUT2D eigenvalue weighted by Gasteiger charge is 2.16. The number of carboxylic acids is 1. The zero-order chi connectivity index (χ0) is 13.8. The Hall–Kier alpha value is -2.49. The molecule has 0 amide bonds. The van der Waals surface area contributed by atoms with Gasteiger partial charge in [0, 0.05) is 5.56 Å². The number of rotatable bonds is 4. The van der Waals surface area contributed by atoms with E-state index in [1.807, 2.05) is 12.1 Å². The summed E-state index contributed by atoms with van der Waals surface area (Å²) in [6, 6.07) is 12.2. The van der Waals surface area contributed by atoms with E-state index in [-0.39, 0.29) is 5.56 Å². The molecule has 0 aliphatic rings. The van der Waals surface area contributed by atoms with Crippen LogP contribution in [0.3, 0.4) is 0 Å². The monoisotopic (exact) mass is 258 g/mol. The van der Waals surface area contributed by atoms with Gasteiger partial charge < -0.3 is 14.6 Å². The van der Waals surface area contributed by atoms with Gasteiger partial charge >= 0.3 is 5.97 Å². The van der Waals surface area contributed by atoms with Crippen LogP contribution >= 0.6 is 0 Å². The summed E-state index contributed by atoms with van der Waals surface area (Å²) in [4.78, 5) is 11.3. The van der Waals surface area contributed by atoms with Crippen molar-refractivity contribution in [2.75, 3.05) is 14.2 Å². The summed E-state index contributed by atoms with van der Waals surface area (Å²) in [7, 11) is 3.09. The Balaban J connectivity index is 2.68. The fourth-order valence-corrected chi connectivity index (χ4v) is 1.96. The molecule has 98 valence electrons. The lowest BCUT2D eigenvalue weighted by molar-refractivity contribution is 0.0697. The van der Waals surface area contributed by atoms with Crippen LogP contribution in [0, 0.1) is 0 Å². The summed E-state index contributed by atoms with van der Waals surface area (Å²) in [5.41, 5.74) is 1.50. The smallest absolute Gasteiger partial charge is 0.336 e. The van der Waals surface area contributed by atoms with Gasteiger partial charge in [0.25, 0.3) is 0 Å². The van der Waals surface area contributed by atoms with E-state index in [1.165, 1.54) is 7.11 Å². The van der Waals surface area contributed by atoms with Gasteiger partial charge in [-0.1, -0.05) is 18.2 Å². The number of carbonyl (C=O) groups is 1. The molecule has 2 aromatic rings. The second kappa shape index (κ2) is 5.44. The lowest BCUT2D eigenvalue weighted by Gasteiger charge is -2.12. The Labute approximate surface area is 111 Å². The average Bonchev–Trinajstić information content (AvgIpc) is 2.46. The maximum Gasteiger partial charge on any atom is 0.336 e. The van der Waals surface area contributed by atoms with Gasteiger partial charge in [0.2, 0.25) is 0 Å². The number of ether oxygens (including phenoxy) is 2. The van der Waals surface area contributed by atoms with E-state index >= 15 is 0 Å². The highest BCUT2D eigenvalue weighted by Crippen LogP contribution is 2.34. The zero-order valence-electron chi connectivity index (χ0n) is 10.7. The van der Waals surface area contributed by atoms with Crippen molar-refractivity contribution in [2.45, 2.75) is 0 Å². The maximum atomic E-state index is 11.3. The second-order valence-corrected chi connectivity index (χ2v) is 3.92. The first-order valence-corrected chi connectivity index (χ1v) is 5.72. The molecule has 1 N–H and O–H groups in total. The van der Waals surface area contributed by atoms with Crippen LogP contribution in [0.2, 0.25) is 0 Å². The molecule has 0 saturated heterocycles. The molecule has 2 aromatic carbocycles. The molecule has 0 saturated carbocycles. The lowest BCUT2D eigenvalue weighted by Crippen LogP contribution is -2.01. The van der Waals surface area contributed by atoms with Crippen molar-refractivity contribution < 1.29 is 19.4 Å². The van der Waals surface area contributed by atoms with E-state index < -0.39 is 5.97 Å². The maximum absolute atomic E-state index is 11.3. The molecule has 0 aliphatic heterocycles. The zero-order valence-corrected chi connectivity index (χ0v) is 10.7. The van der Waals surface area contributed by atoms with E-state index in [1.54, 1.807) is 37.4 Å². The quantitative estimate of drug-likeness (QED) is 0.915. The molecule has 0 fully saturated rings. The Kier molecular flexibility index (Phi) is 3.71. The molecule has 4 nitrogen and oxygen atoms in total. The Bertz CT molecular complexity index is 605. The Morgan fingerprint density at radius 1 is 1.05 bits per heavy atom. The van der Waals surface area contributed by atoms with Crippen LogP contribution < -0.4 is 9.47 Å². The largest absolute Gasteiger partial charge is 0.497 e. The molecule has 0 unspecified atom stereocenters. The Morgan fingerprint density at radius 2 is 1.79 bits per heavy atom. The molecule has 4 heteroatoms. The third-order valence-electron chi connectivity index (χ3n) is 2.83. The van der Waals surface area contributed by atoms with Crippen molar-refractivity contribution in [2.24, 2.45) is 0 Å². The van der Waals surface area contributed by atoms with Gasteiger partial charge in [0.05, 0.1) is 19.8 Å². The van der Waals surface area contributed by atoms with Crippen molar-refractivity contribution in [3.8, 4) is 22.6 Å². The summed E-state index contributed by atoms with van der Waals surface area (Å²) >= 11 is 0. The normalized spacial score (nSPS) is 10.0. The minimum atomic E-state index is -0.989. The van der Waals surface area contributed by atoms with E-state index in [2.05, 4.69) is 0 Å². The molecular formula is C15H14O4. The topological polar surface area (TPSA) is 55.8 Å². The number of carboxylic acid groups (broad SMARTS) is 1. The van der Waals surface area contributed by atoms with Crippen molar-refractivity contribution in [1.29, 1.82) is 0 Å². The number of hydrogen-bond donors (Lipinski definition) is 1. The molecule has 0 bridgehead atoms. The number of benzene rings is 2. The molecule has 0 aromatic heterocycles. The molecule has 0 heterocycles. The Morgan fingerprint density at radius 3 is 2.42 bits per heavy atom. The lowest BCUT2D eigenvalue weighted by atomic mass is 9.98. The van der Waals surface area contributed by atoms with Gasteiger partial charge in [-0.15, -0.1) is 0 Å².